The lowest BCUT2D eigenvalue weighted by Gasteiger charge is -2.42. The number of nitrogens with zero attached hydrogens (tertiary/aromatic N) is 3. The minimum Gasteiger partial charge on any atom is -0.508 e. The van der Waals surface area contributed by atoms with Crippen LogP contribution in [0.3, 0.4) is 0 Å². The van der Waals surface area contributed by atoms with E-state index in [1.165, 1.54) is 0 Å². The number of para-hydroxylation sites is 1. The zero-order valence-electron chi connectivity index (χ0n) is 21.8. The summed E-state index contributed by atoms with van der Waals surface area (Å²) in [5, 5.41) is 13.0. The number of carbonyl (C=O) groups excluding carboxylic acids is 1. The van der Waals surface area contributed by atoms with Gasteiger partial charge in [0.15, 0.2) is 0 Å². The minimum absolute atomic E-state index is 0. The predicted octanol–water partition coefficient (Wildman–Crippen LogP) is 5.81. The number of phenolic OH excluding ortho intramolecular Hbond substituents is 1. The van der Waals surface area contributed by atoms with Crippen molar-refractivity contribution in [2.24, 2.45) is 5.92 Å². The fourth-order valence-corrected chi connectivity index (χ4v) is 4.40. The molecular formula is C28H37Cl3N4O3. The molecule has 208 valence electrons. The van der Waals surface area contributed by atoms with Gasteiger partial charge in [-0.3, -0.25) is 9.69 Å². The summed E-state index contributed by atoms with van der Waals surface area (Å²) in [6, 6.07) is 20.7. The summed E-state index contributed by atoms with van der Waals surface area (Å²) in [5.41, 5.74) is 1.41. The smallest absolute Gasteiger partial charge is 0.270 e. The molecule has 1 aliphatic rings. The number of phenols is 1. The maximum absolute atomic E-state index is 12.9. The number of anilines is 1. The Kier molecular flexibility index (Phi) is 13.7. The van der Waals surface area contributed by atoms with Gasteiger partial charge in [0, 0.05) is 50.0 Å². The van der Waals surface area contributed by atoms with Crippen LogP contribution in [0.4, 0.5) is 5.69 Å². The lowest BCUT2D eigenvalue weighted by Crippen LogP contribution is -2.56. The molecule has 1 saturated heterocycles. The van der Waals surface area contributed by atoms with Gasteiger partial charge in [-0.25, -0.2) is 4.98 Å². The zero-order valence-corrected chi connectivity index (χ0v) is 24.3. The van der Waals surface area contributed by atoms with Crippen molar-refractivity contribution < 1.29 is 14.6 Å². The molecule has 0 unspecified atom stereocenters. The number of pyridine rings is 1. The minimum atomic E-state index is -0.179. The Labute approximate surface area is 243 Å². The quantitative estimate of drug-likeness (QED) is 0.349. The summed E-state index contributed by atoms with van der Waals surface area (Å²) in [6.45, 7) is 9.87. The van der Waals surface area contributed by atoms with Crippen LogP contribution in [-0.4, -0.2) is 59.2 Å². The summed E-state index contributed by atoms with van der Waals surface area (Å²) in [7, 11) is 0. The first-order chi connectivity index (χ1) is 16.9. The number of rotatable bonds is 8. The topological polar surface area (TPSA) is 77.9 Å². The van der Waals surface area contributed by atoms with Crippen LogP contribution >= 0.6 is 37.2 Å². The average Bonchev–Trinajstić information content (AvgIpc) is 2.84. The number of aromatic nitrogens is 1. The highest BCUT2D eigenvalue weighted by molar-refractivity contribution is 5.92. The molecule has 0 aliphatic carbocycles. The fraction of sp³-hybridized carbons (Fsp3) is 0.357. The Morgan fingerprint density at radius 2 is 1.76 bits per heavy atom. The Balaban J connectivity index is 0.00000241. The first-order valence-electron chi connectivity index (χ1n) is 12.2. The summed E-state index contributed by atoms with van der Waals surface area (Å²) < 4.78 is 5.77. The van der Waals surface area contributed by atoms with Gasteiger partial charge in [0.1, 0.15) is 22.9 Å². The monoisotopic (exact) mass is 582 g/mol. The van der Waals surface area contributed by atoms with E-state index in [1.807, 2.05) is 48.5 Å². The van der Waals surface area contributed by atoms with E-state index in [4.69, 9.17) is 4.74 Å². The highest BCUT2D eigenvalue weighted by Crippen LogP contribution is 2.25. The van der Waals surface area contributed by atoms with Crippen molar-refractivity contribution in [2.75, 3.05) is 31.1 Å². The van der Waals surface area contributed by atoms with Crippen LogP contribution in [0.2, 0.25) is 0 Å². The van der Waals surface area contributed by atoms with Crippen molar-refractivity contribution in [3.8, 4) is 17.2 Å². The third-order valence-corrected chi connectivity index (χ3v) is 6.40. The summed E-state index contributed by atoms with van der Waals surface area (Å²) in [4.78, 5) is 22.0. The number of piperazine rings is 1. The standard InChI is InChI=1S/C28H34N4O3.3ClH/c1-20(2)27(19-31-14-15-32(21(3)18-31)22-8-7-9-23(33)16-22)30-28(34)26-13-12-25(17-29-26)35-24-10-5-4-6-11-24;;;/h4-13,16-17,20-21,27,33H,14-15,18-19H2,1-3H3,(H,30,34);3*1H/t21-,27+;;;/m0.../s1. The molecule has 0 spiro atoms. The Hall–Kier alpha value is -2.71. The first kappa shape index (κ1) is 33.3. The Bertz CT molecular complexity index is 1120. The molecule has 4 rings (SSSR count). The van der Waals surface area contributed by atoms with Gasteiger partial charge in [-0.2, -0.15) is 0 Å². The van der Waals surface area contributed by atoms with Crippen LogP contribution in [0.5, 0.6) is 17.2 Å². The molecule has 2 aromatic carbocycles. The zero-order chi connectivity index (χ0) is 24.8. The predicted molar refractivity (Wildman–Crippen MR) is 160 cm³/mol. The molecule has 2 N–H and O–H groups in total. The number of nitrogens with one attached hydrogen (secondary N) is 1. The van der Waals surface area contributed by atoms with E-state index in [2.05, 4.69) is 40.9 Å². The molecular weight excluding hydrogens is 547 g/mol. The van der Waals surface area contributed by atoms with Gasteiger partial charge in [-0.15, -0.1) is 37.2 Å². The van der Waals surface area contributed by atoms with Crippen molar-refractivity contribution in [1.29, 1.82) is 0 Å². The van der Waals surface area contributed by atoms with E-state index >= 15 is 0 Å². The molecule has 7 nitrogen and oxygen atoms in total. The SMILES string of the molecule is CC(C)[C@@H](CN1CCN(c2cccc(O)c2)[C@@H](C)C1)NC(=O)c1ccc(Oc2ccccc2)cn1.Cl.Cl.Cl. The lowest BCUT2D eigenvalue weighted by atomic mass is 10.0. The van der Waals surface area contributed by atoms with Crippen molar-refractivity contribution in [3.63, 3.8) is 0 Å². The number of benzene rings is 2. The molecule has 10 heteroatoms. The average molecular weight is 584 g/mol. The molecule has 0 radical (unpaired) electrons. The van der Waals surface area contributed by atoms with Crippen molar-refractivity contribution >= 4 is 48.8 Å². The van der Waals surface area contributed by atoms with E-state index in [1.54, 1.807) is 24.4 Å². The molecule has 0 saturated carbocycles. The van der Waals surface area contributed by atoms with Gasteiger partial charge < -0.3 is 20.1 Å². The van der Waals surface area contributed by atoms with Crippen LogP contribution in [0.15, 0.2) is 72.9 Å². The largest absolute Gasteiger partial charge is 0.508 e. The number of hydrogen-bond acceptors (Lipinski definition) is 6. The van der Waals surface area contributed by atoms with E-state index < -0.39 is 0 Å². The van der Waals surface area contributed by atoms with Gasteiger partial charge in [-0.1, -0.05) is 38.1 Å². The summed E-state index contributed by atoms with van der Waals surface area (Å²) in [5.74, 6) is 1.70. The second-order valence-corrected chi connectivity index (χ2v) is 9.44. The number of ether oxygens (including phenoxy) is 1. The number of halogens is 3. The third-order valence-electron chi connectivity index (χ3n) is 6.40. The van der Waals surface area contributed by atoms with E-state index in [0.717, 1.165) is 37.6 Å². The van der Waals surface area contributed by atoms with E-state index in [0.29, 0.717) is 17.5 Å². The van der Waals surface area contributed by atoms with Crippen LogP contribution in [0.25, 0.3) is 0 Å². The van der Waals surface area contributed by atoms with Crippen molar-refractivity contribution in [2.45, 2.75) is 32.9 Å². The van der Waals surface area contributed by atoms with Gasteiger partial charge >= 0.3 is 0 Å². The Morgan fingerprint density at radius 3 is 2.37 bits per heavy atom. The highest BCUT2D eigenvalue weighted by Gasteiger charge is 2.27. The van der Waals surface area contributed by atoms with Crippen LogP contribution < -0.4 is 15.0 Å². The maximum atomic E-state index is 12.9. The van der Waals surface area contributed by atoms with Gasteiger partial charge in [-0.05, 0) is 49.2 Å². The molecule has 1 fully saturated rings. The second-order valence-electron chi connectivity index (χ2n) is 9.44. The second kappa shape index (κ2) is 15.6. The number of hydrogen-bond donors (Lipinski definition) is 2. The molecule has 2 atom stereocenters. The molecule has 38 heavy (non-hydrogen) atoms. The molecule has 2 heterocycles. The van der Waals surface area contributed by atoms with Gasteiger partial charge in [0.2, 0.25) is 0 Å². The lowest BCUT2D eigenvalue weighted by molar-refractivity contribution is 0.0898. The highest BCUT2D eigenvalue weighted by atomic mass is 35.5. The van der Waals surface area contributed by atoms with E-state index in [-0.39, 0.29) is 60.8 Å². The summed E-state index contributed by atoms with van der Waals surface area (Å²) >= 11 is 0. The van der Waals surface area contributed by atoms with Crippen molar-refractivity contribution in [3.05, 3.63) is 78.6 Å². The fourth-order valence-electron chi connectivity index (χ4n) is 4.40. The van der Waals surface area contributed by atoms with Gasteiger partial charge in [0.25, 0.3) is 5.91 Å². The normalized spacial score (nSPS) is 15.9. The Morgan fingerprint density at radius 1 is 1.03 bits per heavy atom. The summed E-state index contributed by atoms with van der Waals surface area (Å²) in [6.07, 6.45) is 1.58. The molecule has 1 aromatic heterocycles. The number of carbonyl (C=O) groups is 1. The molecule has 3 aromatic rings. The first-order valence-corrected chi connectivity index (χ1v) is 12.2. The molecule has 1 amide bonds. The van der Waals surface area contributed by atoms with Crippen LogP contribution in [-0.2, 0) is 0 Å². The molecule has 0 bridgehead atoms. The van der Waals surface area contributed by atoms with Crippen LogP contribution in [0, 0.1) is 5.92 Å². The number of aromatic hydroxyl groups is 1. The number of amides is 1. The van der Waals surface area contributed by atoms with Gasteiger partial charge in [0.05, 0.1) is 6.20 Å². The van der Waals surface area contributed by atoms with E-state index in [9.17, 15) is 9.90 Å². The maximum Gasteiger partial charge on any atom is 0.270 e. The third kappa shape index (κ3) is 8.95. The van der Waals surface area contributed by atoms with Crippen molar-refractivity contribution in [1.82, 2.24) is 15.2 Å². The molecule has 1 aliphatic heterocycles. The van der Waals surface area contributed by atoms with Crippen LogP contribution in [0.1, 0.15) is 31.3 Å².